The van der Waals surface area contributed by atoms with Crippen LogP contribution in [0, 0.1) is 10.1 Å². The van der Waals surface area contributed by atoms with Gasteiger partial charge in [-0.1, -0.05) is 6.42 Å². The van der Waals surface area contributed by atoms with Gasteiger partial charge in [-0.3, -0.25) is 10.1 Å². The van der Waals surface area contributed by atoms with Crippen molar-refractivity contribution in [2.75, 3.05) is 31.1 Å². The largest absolute Gasteiger partial charge is 0.366 e. The zero-order valence-electron chi connectivity index (χ0n) is 16.0. The molecule has 0 spiro atoms. The van der Waals surface area contributed by atoms with Gasteiger partial charge in [-0.25, -0.2) is 8.42 Å². The fraction of sp³-hybridized carbons (Fsp3) is 0.684. The summed E-state index contributed by atoms with van der Waals surface area (Å²) in [5, 5.41) is 15.3. The average molecular weight is 409 g/mol. The molecule has 1 saturated carbocycles. The van der Waals surface area contributed by atoms with E-state index in [1.54, 1.807) is 6.07 Å². The van der Waals surface area contributed by atoms with E-state index in [1.165, 1.54) is 29.3 Å². The minimum atomic E-state index is -3.68. The third kappa shape index (κ3) is 4.16. The Hall–Kier alpha value is -1.71. The van der Waals surface area contributed by atoms with Crippen molar-refractivity contribution in [1.29, 1.82) is 0 Å². The summed E-state index contributed by atoms with van der Waals surface area (Å²) in [5.74, 6) is 0. The molecule has 0 atom stereocenters. The number of nitrogens with zero attached hydrogens (tertiary/aromatic N) is 3. The van der Waals surface area contributed by atoms with Gasteiger partial charge in [0.25, 0.3) is 5.69 Å². The molecule has 28 heavy (non-hydrogen) atoms. The Bertz CT molecular complexity index is 826. The summed E-state index contributed by atoms with van der Waals surface area (Å²) in [5.41, 5.74) is 0.402. The third-order valence-corrected chi connectivity index (χ3v) is 7.88. The summed E-state index contributed by atoms with van der Waals surface area (Å²) < 4.78 is 27.2. The highest BCUT2D eigenvalue weighted by Gasteiger charge is 2.32. The predicted octanol–water partition coefficient (Wildman–Crippen LogP) is 2.49. The summed E-state index contributed by atoms with van der Waals surface area (Å²) in [7, 11) is -3.68. The number of nitrogens with one attached hydrogen (secondary N) is 1. The summed E-state index contributed by atoms with van der Waals surface area (Å²) >= 11 is 0. The fourth-order valence-electron chi connectivity index (χ4n) is 4.20. The number of sulfonamides is 1. The predicted molar refractivity (Wildman–Crippen MR) is 107 cm³/mol. The minimum absolute atomic E-state index is 0.0233. The van der Waals surface area contributed by atoms with Crippen LogP contribution >= 0.6 is 0 Å². The highest BCUT2D eigenvalue weighted by atomic mass is 32.2. The van der Waals surface area contributed by atoms with Crippen LogP contribution < -0.4 is 10.2 Å². The van der Waals surface area contributed by atoms with Crippen molar-refractivity contribution < 1.29 is 13.3 Å². The SMILES string of the molecule is O=[N+]([O-])c1cc(S(=O)(=O)N2CCCCC2)ccc1N1CCC(NC2CC2)CC1. The number of piperidine rings is 2. The van der Waals surface area contributed by atoms with E-state index in [0.29, 0.717) is 30.9 Å². The number of hydrogen-bond donors (Lipinski definition) is 1. The molecule has 2 aliphatic heterocycles. The standard InChI is InChI=1S/C19H28N4O4S/c24-23(25)19-14-17(28(26,27)22-10-2-1-3-11-22)6-7-18(19)21-12-8-16(9-13-21)20-15-4-5-15/h6-7,14-16,20H,1-5,8-13H2. The van der Waals surface area contributed by atoms with E-state index >= 15 is 0 Å². The molecule has 154 valence electrons. The quantitative estimate of drug-likeness (QED) is 0.574. The third-order valence-electron chi connectivity index (χ3n) is 5.98. The van der Waals surface area contributed by atoms with Crippen LogP contribution in [0.4, 0.5) is 11.4 Å². The molecule has 1 aromatic rings. The molecule has 1 aliphatic carbocycles. The minimum Gasteiger partial charge on any atom is -0.366 e. The normalized spacial score (nSPS) is 22.4. The molecule has 9 heteroatoms. The van der Waals surface area contributed by atoms with Gasteiger partial charge in [-0.15, -0.1) is 0 Å². The summed E-state index contributed by atoms with van der Waals surface area (Å²) in [6, 6.07) is 5.52. The summed E-state index contributed by atoms with van der Waals surface area (Å²) in [6.07, 6.45) is 7.09. The van der Waals surface area contributed by atoms with Gasteiger partial charge in [0.05, 0.1) is 9.82 Å². The Morgan fingerprint density at radius 2 is 1.61 bits per heavy atom. The smallest absolute Gasteiger partial charge is 0.293 e. The molecule has 3 aliphatic rings. The van der Waals surface area contributed by atoms with Crippen LogP contribution in [0.15, 0.2) is 23.1 Å². The van der Waals surface area contributed by atoms with Crippen molar-refractivity contribution in [2.45, 2.75) is 61.9 Å². The molecule has 8 nitrogen and oxygen atoms in total. The van der Waals surface area contributed by atoms with Crippen molar-refractivity contribution in [3.8, 4) is 0 Å². The van der Waals surface area contributed by atoms with Crippen molar-refractivity contribution in [3.05, 3.63) is 28.3 Å². The lowest BCUT2D eigenvalue weighted by molar-refractivity contribution is -0.384. The van der Waals surface area contributed by atoms with Gasteiger partial charge in [0, 0.05) is 44.3 Å². The van der Waals surface area contributed by atoms with Crippen LogP contribution in [-0.4, -0.2) is 55.9 Å². The Morgan fingerprint density at radius 3 is 2.21 bits per heavy atom. The lowest BCUT2D eigenvalue weighted by atomic mass is 10.0. The number of nitro groups is 1. The molecule has 0 amide bonds. The molecule has 2 heterocycles. The van der Waals surface area contributed by atoms with Crippen LogP contribution in [0.3, 0.4) is 0 Å². The summed E-state index contributed by atoms with van der Waals surface area (Å²) in [6.45, 7) is 2.45. The van der Waals surface area contributed by atoms with Crippen LogP contribution in [0.1, 0.15) is 44.9 Å². The van der Waals surface area contributed by atoms with Gasteiger partial charge in [-0.05, 0) is 50.7 Å². The first kappa shape index (κ1) is 19.6. The number of anilines is 1. The van der Waals surface area contributed by atoms with E-state index in [2.05, 4.69) is 5.32 Å². The number of benzene rings is 1. The first-order valence-corrected chi connectivity index (χ1v) is 11.7. The Labute approximate surface area is 166 Å². The molecule has 4 rings (SSSR count). The van der Waals surface area contributed by atoms with Crippen LogP contribution in [0.5, 0.6) is 0 Å². The van der Waals surface area contributed by atoms with Crippen LogP contribution in [-0.2, 0) is 10.0 Å². The van der Waals surface area contributed by atoms with Crippen LogP contribution in [0.2, 0.25) is 0 Å². The van der Waals surface area contributed by atoms with E-state index in [-0.39, 0.29) is 10.6 Å². The summed E-state index contributed by atoms with van der Waals surface area (Å²) in [4.78, 5) is 13.3. The Morgan fingerprint density at radius 1 is 0.964 bits per heavy atom. The second kappa shape index (κ2) is 7.96. The molecular weight excluding hydrogens is 380 g/mol. The lowest BCUT2D eigenvalue weighted by Crippen LogP contribution is -2.43. The van der Waals surface area contributed by atoms with Gasteiger partial charge >= 0.3 is 0 Å². The van der Waals surface area contributed by atoms with Gasteiger partial charge in [0.1, 0.15) is 5.69 Å². The first-order chi connectivity index (χ1) is 13.4. The van der Waals surface area contributed by atoms with Crippen LogP contribution in [0.25, 0.3) is 0 Å². The van der Waals surface area contributed by atoms with E-state index in [4.69, 9.17) is 0 Å². The van der Waals surface area contributed by atoms with E-state index in [0.717, 1.165) is 45.2 Å². The van der Waals surface area contributed by atoms with Gasteiger partial charge in [-0.2, -0.15) is 4.31 Å². The second-order valence-corrected chi connectivity index (χ2v) is 10.0. The van der Waals surface area contributed by atoms with Crippen molar-refractivity contribution in [3.63, 3.8) is 0 Å². The lowest BCUT2D eigenvalue weighted by Gasteiger charge is -2.34. The molecule has 0 bridgehead atoms. The molecule has 1 aromatic carbocycles. The Kier molecular flexibility index (Phi) is 5.57. The molecule has 1 N–H and O–H groups in total. The fourth-order valence-corrected chi connectivity index (χ4v) is 5.74. The second-order valence-electron chi connectivity index (χ2n) is 8.07. The van der Waals surface area contributed by atoms with Gasteiger partial charge < -0.3 is 10.2 Å². The molecule has 3 fully saturated rings. The van der Waals surface area contributed by atoms with Crippen molar-refractivity contribution >= 4 is 21.4 Å². The molecular formula is C19H28N4O4S. The van der Waals surface area contributed by atoms with E-state index in [1.807, 2.05) is 4.90 Å². The maximum atomic E-state index is 12.9. The maximum Gasteiger partial charge on any atom is 0.293 e. The molecule has 2 saturated heterocycles. The highest BCUT2D eigenvalue weighted by Crippen LogP contribution is 2.34. The number of nitro benzene ring substituents is 1. The van der Waals surface area contributed by atoms with Crippen molar-refractivity contribution in [2.24, 2.45) is 0 Å². The van der Waals surface area contributed by atoms with Gasteiger partial charge in [0.2, 0.25) is 10.0 Å². The highest BCUT2D eigenvalue weighted by molar-refractivity contribution is 7.89. The maximum absolute atomic E-state index is 12.9. The van der Waals surface area contributed by atoms with E-state index in [9.17, 15) is 18.5 Å². The number of rotatable bonds is 6. The molecule has 0 aromatic heterocycles. The van der Waals surface area contributed by atoms with E-state index < -0.39 is 14.9 Å². The van der Waals surface area contributed by atoms with Crippen molar-refractivity contribution in [1.82, 2.24) is 9.62 Å². The monoisotopic (exact) mass is 408 g/mol. The molecule has 0 radical (unpaired) electrons. The first-order valence-electron chi connectivity index (χ1n) is 10.2. The topological polar surface area (TPSA) is 95.8 Å². The zero-order chi connectivity index (χ0) is 19.7. The van der Waals surface area contributed by atoms with Gasteiger partial charge in [0.15, 0.2) is 0 Å². The molecule has 0 unspecified atom stereocenters. The Balaban J connectivity index is 1.53. The zero-order valence-corrected chi connectivity index (χ0v) is 16.9. The number of hydrogen-bond acceptors (Lipinski definition) is 6. The average Bonchev–Trinajstić information content (AvgIpc) is 3.53.